The lowest BCUT2D eigenvalue weighted by molar-refractivity contribution is -0.127. The molecule has 8 heteroatoms. The third kappa shape index (κ3) is 4.93. The Hall–Kier alpha value is -2.58. The number of fused-ring (bicyclic) bond motifs is 1. The van der Waals surface area contributed by atoms with Gasteiger partial charge in [0.05, 0.1) is 4.91 Å². The molecule has 1 fully saturated rings. The molecule has 3 amide bonds. The maximum atomic E-state index is 12.9. The van der Waals surface area contributed by atoms with Crippen LogP contribution >= 0.6 is 27.7 Å². The second kappa shape index (κ2) is 9.58. The molecule has 2 heterocycles. The smallest absolute Gasteiger partial charge is 0.294 e. The maximum absolute atomic E-state index is 12.9. The van der Waals surface area contributed by atoms with Gasteiger partial charge in [-0.05, 0) is 98.5 Å². The molecule has 2 aliphatic rings. The molecular weight excluding hydrogens is 514 g/mol. The van der Waals surface area contributed by atoms with Crippen molar-refractivity contribution in [1.82, 2.24) is 4.90 Å². The molecule has 2 aromatic rings. The molecule has 6 nitrogen and oxygen atoms in total. The van der Waals surface area contributed by atoms with Crippen molar-refractivity contribution in [2.24, 2.45) is 0 Å². The van der Waals surface area contributed by atoms with Gasteiger partial charge in [0.1, 0.15) is 6.54 Å². The molecule has 1 saturated heterocycles. The molecule has 1 unspecified atom stereocenters. The Morgan fingerprint density at radius 1 is 1.21 bits per heavy atom. The summed E-state index contributed by atoms with van der Waals surface area (Å²) >= 11 is 4.22. The number of imide groups is 1. The Morgan fingerprint density at radius 3 is 2.59 bits per heavy atom. The van der Waals surface area contributed by atoms with E-state index in [1.54, 1.807) is 30.3 Å². The maximum Gasteiger partial charge on any atom is 0.294 e. The van der Waals surface area contributed by atoms with Crippen LogP contribution in [0.15, 0.2) is 51.8 Å². The Bertz CT molecular complexity index is 1180. The van der Waals surface area contributed by atoms with Gasteiger partial charge < -0.3 is 10.2 Å². The van der Waals surface area contributed by atoms with Gasteiger partial charge in [-0.3, -0.25) is 19.3 Å². The molecule has 2 aromatic carbocycles. The summed E-state index contributed by atoms with van der Waals surface area (Å²) in [6.07, 6.45) is 2.79. The van der Waals surface area contributed by atoms with Gasteiger partial charge in [0.2, 0.25) is 5.91 Å². The van der Waals surface area contributed by atoms with E-state index in [-0.39, 0.29) is 12.1 Å². The van der Waals surface area contributed by atoms with Crippen molar-refractivity contribution < 1.29 is 14.4 Å². The standard InChI is InChI=1S/C26H28BrN3O3S/c1-5-30-21-11-6-17(12-20(21)16(2)14-26(30,3)4)13-22-24(32)29(25(33)34-22)15-23(31)28-19-9-7-18(27)8-10-19/h6-13,16H,5,14-15H2,1-4H3,(H,28,31)/b22-13-. The van der Waals surface area contributed by atoms with Crippen LogP contribution in [0.2, 0.25) is 0 Å². The van der Waals surface area contributed by atoms with Gasteiger partial charge in [0.15, 0.2) is 0 Å². The van der Waals surface area contributed by atoms with Crippen LogP contribution in [0.1, 0.15) is 51.2 Å². The average Bonchev–Trinajstić information content (AvgIpc) is 3.02. The number of amides is 3. The molecule has 2 aliphatic heterocycles. The Balaban J connectivity index is 1.50. The van der Waals surface area contributed by atoms with E-state index in [1.807, 2.05) is 6.07 Å². The van der Waals surface area contributed by atoms with Crippen molar-refractivity contribution in [2.75, 3.05) is 23.3 Å². The van der Waals surface area contributed by atoms with Crippen molar-refractivity contribution in [3.8, 4) is 0 Å². The monoisotopic (exact) mass is 541 g/mol. The molecule has 0 radical (unpaired) electrons. The highest BCUT2D eigenvalue weighted by Gasteiger charge is 2.37. The minimum Gasteiger partial charge on any atom is -0.366 e. The first-order valence-corrected chi connectivity index (χ1v) is 12.9. The molecule has 4 rings (SSSR count). The van der Waals surface area contributed by atoms with E-state index in [4.69, 9.17) is 0 Å². The minimum absolute atomic E-state index is 0.0855. The van der Waals surface area contributed by atoms with Crippen LogP contribution < -0.4 is 10.2 Å². The second-order valence-corrected chi connectivity index (χ2v) is 11.2. The Labute approximate surface area is 212 Å². The van der Waals surface area contributed by atoms with Gasteiger partial charge in [-0.15, -0.1) is 0 Å². The number of hydrogen-bond donors (Lipinski definition) is 1. The molecule has 0 bridgehead atoms. The number of carbonyl (C=O) groups excluding carboxylic acids is 3. The zero-order valence-corrected chi connectivity index (χ0v) is 22.1. The highest BCUT2D eigenvalue weighted by Crippen LogP contribution is 2.44. The van der Waals surface area contributed by atoms with Crippen LogP contribution in [-0.2, 0) is 9.59 Å². The summed E-state index contributed by atoms with van der Waals surface area (Å²) < 4.78 is 0.893. The van der Waals surface area contributed by atoms with Crippen LogP contribution in [0.3, 0.4) is 0 Å². The number of rotatable bonds is 5. The number of hydrogen-bond acceptors (Lipinski definition) is 5. The lowest BCUT2D eigenvalue weighted by Gasteiger charge is -2.47. The van der Waals surface area contributed by atoms with Gasteiger partial charge in [-0.2, -0.15) is 0 Å². The summed E-state index contributed by atoms with van der Waals surface area (Å²) in [6.45, 7) is 9.54. The lowest BCUT2D eigenvalue weighted by Crippen LogP contribution is -2.48. The fraction of sp³-hybridized carbons (Fsp3) is 0.346. The predicted octanol–water partition coefficient (Wildman–Crippen LogP) is 6.24. The summed E-state index contributed by atoms with van der Waals surface area (Å²) in [6, 6.07) is 13.3. The van der Waals surface area contributed by atoms with E-state index in [0.717, 1.165) is 39.7 Å². The van der Waals surface area contributed by atoms with Crippen LogP contribution in [0, 0.1) is 0 Å². The first kappa shape index (κ1) is 24.5. The molecule has 1 atom stereocenters. The van der Waals surface area contributed by atoms with Crippen molar-refractivity contribution in [3.63, 3.8) is 0 Å². The van der Waals surface area contributed by atoms with Gasteiger partial charge in [-0.1, -0.05) is 28.9 Å². The van der Waals surface area contributed by atoms with Crippen LogP contribution in [-0.4, -0.2) is 40.6 Å². The van der Waals surface area contributed by atoms with Crippen molar-refractivity contribution in [2.45, 2.75) is 45.6 Å². The van der Waals surface area contributed by atoms with E-state index in [1.165, 1.54) is 11.3 Å². The van der Waals surface area contributed by atoms with E-state index in [2.05, 4.69) is 66.0 Å². The highest BCUT2D eigenvalue weighted by atomic mass is 79.9. The molecule has 178 valence electrons. The number of benzene rings is 2. The summed E-state index contributed by atoms with van der Waals surface area (Å²) in [7, 11) is 0. The molecule has 0 aliphatic carbocycles. The zero-order valence-electron chi connectivity index (χ0n) is 19.7. The van der Waals surface area contributed by atoms with Crippen molar-refractivity contribution >= 4 is 62.2 Å². The third-order valence-electron chi connectivity index (χ3n) is 6.33. The van der Waals surface area contributed by atoms with Crippen molar-refractivity contribution in [3.05, 3.63) is 63.0 Å². The number of carbonyl (C=O) groups is 3. The van der Waals surface area contributed by atoms with E-state index >= 15 is 0 Å². The third-order valence-corrected chi connectivity index (χ3v) is 7.76. The summed E-state index contributed by atoms with van der Waals surface area (Å²) in [5, 5.41) is 2.28. The molecule has 34 heavy (non-hydrogen) atoms. The van der Waals surface area contributed by atoms with E-state index < -0.39 is 17.1 Å². The Kier molecular flexibility index (Phi) is 6.92. The number of halogens is 1. The van der Waals surface area contributed by atoms with Crippen LogP contribution in [0.25, 0.3) is 6.08 Å². The zero-order chi connectivity index (χ0) is 24.6. The lowest BCUT2D eigenvalue weighted by atomic mass is 9.79. The fourth-order valence-electron chi connectivity index (χ4n) is 4.86. The van der Waals surface area contributed by atoms with Gasteiger partial charge in [0, 0.05) is 27.9 Å². The van der Waals surface area contributed by atoms with Crippen LogP contribution in [0.5, 0.6) is 0 Å². The largest absolute Gasteiger partial charge is 0.366 e. The number of anilines is 2. The summed E-state index contributed by atoms with van der Waals surface area (Å²) in [4.78, 5) is 41.6. The molecular formula is C26H28BrN3O3S. The van der Waals surface area contributed by atoms with E-state index in [9.17, 15) is 14.4 Å². The number of nitrogens with one attached hydrogen (secondary N) is 1. The van der Waals surface area contributed by atoms with E-state index in [0.29, 0.717) is 16.5 Å². The first-order chi connectivity index (χ1) is 16.1. The molecule has 0 saturated carbocycles. The Morgan fingerprint density at radius 2 is 1.91 bits per heavy atom. The second-order valence-electron chi connectivity index (χ2n) is 9.30. The van der Waals surface area contributed by atoms with Crippen LogP contribution in [0.4, 0.5) is 16.2 Å². The number of nitrogens with zero attached hydrogens (tertiary/aromatic N) is 2. The van der Waals surface area contributed by atoms with Gasteiger partial charge >= 0.3 is 0 Å². The van der Waals surface area contributed by atoms with Crippen molar-refractivity contribution in [1.29, 1.82) is 0 Å². The normalized spacial score (nSPS) is 20.6. The summed E-state index contributed by atoms with van der Waals surface area (Å²) in [5.74, 6) is -0.475. The fourth-order valence-corrected chi connectivity index (χ4v) is 5.96. The first-order valence-electron chi connectivity index (χ1n) is 11.3. The summed E-state index contributed by atoms with van der Waals surface area (Å²) in [5.41, 5.74) is 4.04. The molecule has 0 spiro atoms. The topological polar surface area (TPSA) is 69.7 Å². The predicted molar refractivity (Wildman–Crippen MR) is 142 cm³/mol. The SMILES string of the molecule is CCN1c2ccc(/C=C3\SC(=O)N(CC(=O)Nc4ccc(Br)cc4)C3=O)cc2C(C)CC1(C)C. The number of thioether (sulfide) groups is 1. The molecule has 1 N–H and O–H groups in total. The molecule has 0 aromatic heterocycles. The van der Waals surface area contributed by atoms with Gasteiger partial charge in [0.25, 0.3) is 11.1 Å². The minimum atomic E-state index is -0.442. The average molecular weight is 542 g/mol. The highest BCUT2D eigenvalue weighted by molar-refractivity contribution is 9.10. The quantitative estimate of drug-likeness (QED) is 0.454. The van der Waals surface area contributed by atoms with Gasteiger partial charge in [-0.25, -0.2) is 0 Å².